The highest BCUT2D eigenvalue weighted by molar-refractivity contribution is 5.79. The van der Waals surface area contributed by atoms with Crippen LogP contribution in [0.4, 0.5) is 0 Å². The molecule has 0 amide bonds. The molecule has 1 saturated heterocycles. The van der Waals surface area contributed by atoms with Gasteiger partial charge in [0.25, 0.3) is 0 Å². The molecule has 4 aliphatic carbocycles. The molecule has 0 radical (unpaired) electrons. The van der Waals surface area contributed by atoms with E-state index in [0.29, 0.717) is 30.1 Å². The maximum atomic E-state index is 12.4. The zero-order valence-corrected chi connectivity index (χ0v) is 22.6. The van der Waals surface area contributed by atoms with E-state index in [0.717, 1.165) is 32.1 Å². The standard InChI is InChI=1S/C29H46O8/c1-16(31)20-6-7-21-19-5-4-17-14-18(8-10-28(17,2)22(19)9-11-29(20,21)3)35-12-13-36-27-26(34)25(33)24(32)23(15-30)37-27/h4,18-27,30,32-34H,5-15H2,1-3H3/t18-,19-,20+,21-,22-,23+,24+,25-,26+,27+,28-,29+/m0/s1. The molecular formula is C29H46O8. The maximum Gasteiger partial charge on any atom is 0.186 e. The van der Waals surface area contributed by atoms with Gasteiger partial charge in [-0.2, -0.15) is 0 Å². The van der Waals surface area contributed by atoms with E-state index in [1.165, 1.54) is 24.8 Å². The smallest absolute Gasteiger partial charge is 0.186 e. The Kier molecular flexibility index (Phi) is 7.93. The molecule has 4 fully saturated rings. The molecule has 0 bridgehead atoms. The molecule has 8 nitrogen and oxygen atoms in total. The Hall–Kier alpha value is -0.870. The molecule has 0 spiro atoms. The molecule has 0 aromatic carbocycles. The highest BCUT2D eigenvalue weighted by Crippen LogP contribution is 2.66. The minimum absolute atomic E-state index is 0.122. The van der Waals surface area contributed by atoms with E-state index in [-0.39, 0.29) is 29.5 Å². The van der Waals surface area contributed by atoms with Crippen molar-refractivity contribution >= 4 is 5.78 Å². The molecule has 3 saturated carbocycles. The second-order valence-electron chi connectivity index (χ2n) is 12.8. The topological polar surface area (TPSA) is 126 Å². The summed E-state index contributed by atoms with van der Waals surface area (Å²) in [7, 11) is 0. The fourth-order valence-corrected chi connectivity index (χ4v) is 9.02. The van der Waals surface area contributed by atoms with Gasteiger partial charge in [-0.15, -0.1) is 0 Å². The zero-order valence-electron chi connectivity index (χ0n) is 22.6. The Balaban J connectivity index is 1.14. The minimum Gasteiger partial charge on any atom is -0.394 e. The van der Waals surface area contributed by atoms with Crippen LogP contribution in [0, 0.1) is 34.5 Å². The highest BCUT2D eigenvalue weighted by Gasteiger charge is 2.59. The van der Waals surface area contributed by atoms with Crippen molar-refractivity contribution in [3.8, 4) is 0 Å². The summed E-state index contributed by atoms with van der Waals surface area (Å²) in [5.41, 5.74) is 1.92. The number of ether oxygens (including phenoxy) is 3. The van der Waals surface area contributed by atoms with E-state index in [1.54, 1.807) is 6.92 Å². The molecule has 5 aliphatic rings. The summed E-state index contributed by atoms with van der Waals surface area (Å²) < 4.78 is 17.2. The first-order valence-corrected chi connectivity index (χ1v) is 14.3. The van der Waals surface area contributed by atoms with Crippen molar-refractivity contribution in [2.45, 2.75) is 109 Å². The highest BCUT2D eigenvalue weighted by atomic mass is 16.7. The molecule has 0 aromatic rings. The Morgan fingerprint density at radius 1 is 1.00 bits per heavy atom. The Morgan fingerprint density at radius 2 is 1.76 bits per heavy atom. The quantitative estimate of drug-likeness (QED) is 0.297. The Bertz CT molecular complexity index is 874. The molecule has 1 heterocycles. The number of Topliss-reactive ketones (excluding diaryl/α,β-unsaturated/α-hetero) is 1. The first kappa shape index (κ1) is 27.7. The van der Waals surface area contributed by atoms with Crippen LogP contribution in [0.1, 0.15) is 72.1 Å². The van der Waals surface area contributed by atoms with Crippen LogP contribution in [0.5, 0.6) is 0 Å². The lowest BCUT2D eigenvalue weighted by Crippen LogP contribution is -2.59. The number of rotatable bonds is 7. The summed E-state index contributed by atoms with van der Waals surface area (Å²) in [6.45, 7) is 6.69. The largest absolute Gasteiger partial charge is 0.394 e. The van der Waals surface area contributed by atoms with Gasteiger partial charge in [-0.1, -0.05) is 25.5 Å². The van der Waals surface area contributed by atoms with Crippen molar-refractivity contribution in [3.05, 3.63) is 11.6 Å². The third kappa shape index (κ3) is 4.75. The first-order valence-electron chi connectivity index (χ1n) is 14.3. The monoisotopic (exact) mass is 522 g/mol. The van der Waals surface area contributed by atoms with E-state index >= 15 is 0 Å². The van der Waals surface area contributed by atoms with Crippen LogP contribution in [-0.4, -0.2) is 82.8 Å². The van der Waals surface area contributed by atoms with Crippen LogP contribution in [0.25, 0.3) is 0 Å². The SMILES string of the molecule is CC(=O)[C@H]1CC[C@H]2[C@@H]3CC=C4C[C@@H](OCCO[C@@H]5O[C@H](CO)[C@@H](O)[C@H](O)[C@H]5O)CC[C@]4(C)[C@H]3CC[C@]12C. The third-order valence-corrected chi connectivity index (χ3v) is 11.1. The summed E-state index contributed by atoms with van der Waals surface area (Å²) in [5.74, 6) is 2.65. The summed E-state index contributed by atoms with van der Waals surface area (Å²) in [4.78, 5) is 12.4. The van der Waals surface area contributed by atoms with Crippen molar-refractivity contribution < 1.29 is 39.4 Å². The number of aliphatic hydroxyl groups excluding tert-OH is 4. The second-order valence-corrected chi connectivity index (χ2v) is 12.8. The lowest BCUT2D eigenvalue weighted by molar-refractivity contribution is -0.302. The van der Waals surface area contributed by atoms with Gasteiger partial charge in [0.2, 0.25) is 0 Å². The summed E-state index contributed by atoms with van der Waals surface area (Å²) in [6, 6.07) is 0. The van der Waals surface area contributed by atoms with Crippen molar-refractivity contribution in [1.82, 2.24) is 0 Å². The van der Waals surface area contributed by atoms with E-state index < -0.39 is 37.3 Å². The average molecular weight is 523 g/mol. The van der Waals surface area contributed by atoms with Crippen LogP contribution < -0.4 is 0 Å². The number of hydrogen-bond donors (Lipinski definition) is 4. The maximum absolute atomic E-state index is 12.4. The van der Waals surface area contributed by atoms with Gasteiger partial charge in [0, 0.05) is 5.92 Å². The predicted octanol–water partition coefficient (Wildman–Crippen LogP) is 2.36. The molecule has 210 valence electrons. The molecule has 0 aromatic heterocycles. The Labute approximate surface area is 220 Å². The van der Waals surface area contributed by atoms with Crippen molar-refractivity contribution in [2.75, 3.05) is 19.8 Å². The fraction of sp³-hybridized carbons (Fsp3) is 0.897. The molecule has 4 N–H and O–H groups in total. The number of fused-ring (bicyclic) bond motifs is 5. The average Bonchev–Trinajstić information content (AvgIpc) is 3.24. The lowest BCUT2D eigenvalue weighted by Gasteiger charge is -2.58. The molecule has 5 rings (SSSR count). The van der Waals surface area contributed by atoms with E-state index in [1.807, 2.05) is 0 Å². The van der Waals surface area contributed by atoms with Gasteiger partial charge >= 0.3 is 0 Å². The summed E-state index contributed by atoms with van der Waals surface area (Å²) >= 11 is 0. The van der Waals surface area contributed by atoms with Crippen molar-refractivity contribution in [2.24, 2.45) is 34.5 Å². The first-order chi connectivity index (χ1) is 17.6. The van der Waals surface area contributed by atoms with Gasteiger partial charge in [0.1, 0.15) is 30.2 Å². The van der Waals surface area contributed by atoms with Gasteiger partial charge in [-0.25, -0.2) is 0 Å². The Morgan fingerprint density at radius 3 is 2.49 bits per heavy atom. The molecule has 12 atom stereocenters. The van der Waals surface area contributed by atoms with Gasteiger partial charge in [0.15, 0.2) is 6.29 Å². The number of carbonyl (C=O) groups excluding carboxylic acids is 1. The number of allylic oxidation sites excluding steroid dienone is 1. The van der Waals surface area contributed by atoms with Gasteiger partial charge in [-0.05, 0) is 86.9 Å². The van der Waals surface area contributed by atoms with E-state index in [2.05, 4.69) is 19.9 Å². The van der Waals surface area contributed by atoms with E-state index in [9.17, 15) is 25.2 Å². The number of carbonyl (C=O) groups is 1. The van der Waals surface area contributed by atoms with E-state index in [4.69, 9.17) is 14.2 Å². The normalized spacial score (nSPS) is 49.5. The van der Waals surface area contributed by atoms with Crippen LogP contribution in [0.3, 0.4) is 0 Å². The molecule has 8 heteroatoms. The zero-order chi connectivity index (χ0) is 26.5. The summed E-state index contributed by atoms with van der Waals surface area (Å²) in [5, 5.41) is 39.3. The van der Waals surface area contributed by atoms with Gasteiger partial charge in [0.05, 0.1) is 25.9 Å². The molecule has 37 heavy (non-hydrogen) atoms. The molecule has 1 aliphatic heterocycles. The van der Waals surface area contributed by atoms with Crippen molar-refractivity contribution in [3.63, 3.8) is 0 Å². The minimum atomic E-state index is -1.44. The third-order valence-electron chi connectivity index (χ3n) is 11.1. The van der Waals surface area contributed by atoms with Gasteiger partial charge in [-0.3, -0.25) is 4.79 Å². The molecular weight excluding hydrogens is 476 g/mol. The predicted molar refractivity (Wildman–Crippen MR) is 135 cm³/mol. The van der Waals surface area contributed by atoms with Crippen LogP contribution in [-0.2, 0) is 19.0 Å². The van der Waals surface area contributed by atoms with Crippen molar-refractivity contribution in [1.29, 1.82) is 0 Å². The number of aliphatic hydroxyl groups is 4. The lowest BCUT2D eigenvalue weighted by atomic mass is 9.47. The molecule has 0 unspecified atom stereocenters. The summed E-state index contributed by atoms with van der Waals surface area (Å²) in [6.07, 6.45) is 5.09. The van der Waals surface area contributed by atoms with Gasteiger partial charge < -0.3 is 34.6 Å². The number of hydrogen-bond acceptors (Lipinski definition) is 8. The number of ketones is 1. The van der Waals surface area contributed by atoms with Crippen LogP contribution >= 0.6 is 0 Å². The van der Waals surface area contributed by atoms with Crippen LogP contribution in [0.2, 0.25) is 0 Å². The second kappa shape index (κ2) is 10.6. The van der Waals surface area contributed by atoms with Crippen LogP contribution in [0.15, 0.2) is 11.6 Å². The fourth-order valence-electron chi connectivity index (χ4n) is 9.02.